The summed E-state index contributed by atoms with van der Waals surface area (Å²) < 4.78 is 0. The summed E-state index contributed by atoms with van der Waals surface area (Å²) in [5.41, 5.74) is 2.56. The van der Waals surface area contributed by atoms with E-state index in [2.05, 4.69) is 52.4 Å². The topological polar surface area (TPSA) is 57.7 Å². The molecule has 1 aliphatic rings. The number of rotatable bonds is 6. The SMILES string of the molecule is CCCC1(CC#N)CCN(Cc2ccc(-n3nccn3)cc2)CC1. The van der Waals surface area contributed by atoms with Crippen molar-refractivity contribution in [3.63, 3.8) is 0 Å². The minimum Gasteiger partial charge on any atom is -0.299 e. The fourth-order valence-corrected chi connectivity index (χ4v) is 3.74. The van der Waals surface area contributed by atoms with E-state index in [4.69, 9.17) is 5.26 Å². The maximum atomic E-state index is 9.14. The van der Waals surface area contributed by atoms with Crippen LogP contribution in [0.1, 0.15) is 44.6 Å². The highest BCUT2D eigenvalue weighted by Crippen LogP contribution is 2.39. The van der Waals surface area contributed by atoms with Gasteiger partial charge in [-0.25, -0.2) is 0 Å². The molecule has 24 heavy (non-hydrogen) atoms. The predicted molar refractivity (Wildman–Crippen MR) is 93.4 cm³/mol. The van der Waals surface area contributed by atoms with Crippen LogP contribution in [0.5, 0.6) is 0 Å². The van der Waals surface area contributed by atoms with E-state index in [1.165, 1.54) is 18.4 Å². The van der Waals surface area contributed by atoms with Crippen molar-refractivity contribution in [1.82, 2.24) is 19.9 Å². The third-order valence-corrected chi connectivity index (χ3v) is 5.14. The third kappa shape index (κ3) is 3.82. The molecule has 0 N–H and O–H groups in total. The zero-order chi connectivity index (χ0) is 16.8. The van der Waals surface area contributed by atoms with Crippen LogP contribution in [0.15, 0.2) is 36.7 Å². The second-order valence-electron chi connectivity index (χ2n) is 6.85. The first-order valence-corrected chi connectivity index (χ1v) is 8.80. The van der Waals surface area contributed by atoms with Gasteiger partial charge >= 0.3 is 0 Å². The number of nitriles is 1. The molecule has 0 amide bonds. The standard InChI is InChI=1S/C19H25N5/c1-2-7-19(8-11-20)9-14-23(15-10-19)16-17-3-5-18(6-4-17)24-21-12-13-22-24/h3-6,12-13H,2,7-10,14-16H2,1H3. The number of aromatic nitrogens is 3. The molecule has 1 aromatic heterocycles. The molecular weight excluding hydrogens is 298 g/mol. The fourth-order valence-electron chi connectivity index (χ4n) is 3.74. The molecule has 2 heterocycles. The highest BCUT2D eigenvalue weighted by Gasteiger charge is 2.33. The van der Waals surface area contributed by atoms with E-state index >= 15 is 0 Å². The molecule has 5 heteroatoms. The molecule has 0 bridgehead atoms. The second-order valence-corrected chi connectivity index (χ2v) is 6.85. The van der Waals surface area contributed by atoms with Crippen LogP contribution >= 0.6 is 0 Å². The summed E-state index contributed by atoms with van der Waals surface area (Å²) in [7, 11) is 0. The van der Waals surface area contributed by atoms with Crippen molar-refractivity contribution >= 4 is 0 Å². The molecule has 1 saturated heterocycles. The van der Waals surface area contributed by atoms with Gasteiger partial charge in [-0.3, -0.25) is 4.90 Å². The average Bonchev–Trinajstić information content (AvgIpc) is 3.13. The smallest absolute Gasteiger partial charge is 0.0856 e. The van der Waals surface area contributed by atoms with Gasteiger partial charge in [-0.1, -0.05) is 25.5 Å². The van der Waals surface area contributed by atoms with Crippen LogP contribution in [-0.4, -0.2) is 33.0 Å². The molecule has 3 rings (SSSR count). The number of nitrogens with zero attached hydrogens (tertiary/aromatic N) is 5. The van der Waals surface area contributed by atoms with Crippen LogP contribution in [0.3, 0.4) is 0 Å². The van der Waals surface area contributed by atoms with Gasteiger partial charge in [0.1, 0.15) is 0 Å². The normalized spacial score (nSPS) is 17.5. The van der Waals surface area contributed by atoms with Gasteiger partial charge in [0.05, 0.1) is 24.2 Å². The summed E-state index contributed by atoms with van der Waals surface area (Å²) in [4.78, 5) is 4.14. The lowest BCUT2D eigenvalue weighted by Gasteiger charge is -2.40. The highest BCUT2D eigenvalue weighted by molar-refractivity contribution is 5.32. The van der Waals surface area contributed by atoms with Crippen molar-refractivity contribution in [2.24, 2.45) is 5.41 Å². The molecule has 0 aliphatic carbocycles. The van der Waals surface area contributed by atoms with Gasteiger partial charge in [0.15, 0.2) is 0 Å². The third-order valence-electron chi connectivity index (χ3n) is 5.14. The van der Waals surface area contributed by atoms with E-state index in [1.807, 2.05) is 0 Å². The van der Waals surface area contributed by atoms with Gasteiger partial charge < -0.3 is 0 Å². The van der Waals surface area contributed by atoms with Gasteiger partial charge in [-0.2, -0.15) is 20.3 Å². The molecule has 2 aromatic rings. The number of hydrogen-bond acceptors (Lipinski definition) is 4. The first kappa shape index (κ1) is 16.7. The molecule has 0 radical (unpaired) electrons. The Morgan fingerprint density at radius 2 is 1.79 bits per heavy atom. The minimum absolute atomic E-state index is 0.260. The number of piperidine rings is 1. The molecule has 1 aliphatic heterocycles. The zero-order valence-corrected chi connectivity index (χ0v) is 14.4. The van der Waals surface area contributed by atoms with Gasteiger partial charge in [0.2, 0.25) is 0 Å². The Morgan fingerprint density at radius 3 is 2.38 bits per heavy atom. The zero-order valence-electron chi connectivity index (χ0n) is 14.4. The van der Waals surface area contributed by atoms with Crippen LogP contribution in [-0.2, 0) is 6.54 Å². The maximum absolute atomic E-state index is 9.14. The molecular formula is C19H25N5. The molecule has 0 unspecified atom stereocenters. The number of benzene rings is 1. The van der Waals surface area contributed by atoms with Crippen molar-refractivity contribution in [3.8, 4) is 11.8 Å². The molecule has 1 fully saturated rings. The summed E-state index contributed by atoms with van der Waals surface area (Å²) in [5.74, 6) is 0. The molecule has 0 spiro atoms. The molecule has 5 nitrogen and oxygen atoms in total. The largest absolute Gasteiger partial charge is 0.299 e. The maximum Gasteiger partial charge on any atom is 0.0856 e. The summed E-state index contributed by atoms with van der Waals surface area (Å²) in [6.45, 7) is 5.37. The monoisotopic (exact) mass is 323 g/mol. The molecule has 1 aromatic carbocycles. The molecule has 126 valence electrons. The van der Waals surface area contributed by atoms with Gasteiger partial charge in [0.25, 0.3) is 0 Å². The minimum atomic E-state index is 0.260. The van der Waals surface area contributed by atoms with E-state index in [0.29, 0.717) is 6.42 Å². The summed E-state index contributed by atoms with van der Waals surface area (Å²) >= 11 is 0. The van der Waals surface area contributed by atoms with E-state index in [-0.39, 0.29) is 5.41 Å². The Bertz CT molecular complexity index is 661. The predicted octanol–water partition coefficient (Wildman–Crippen LogP) is 3.56. The van der Waals surface area contributed by atoms with E-state index in [0.717, 1.165) is 38.2 Å². The molecule has 0 atom stereocenters. The average molecular weight is 323 g/mol. The van der Waals surface area contributed by atoms with E-state index in [1.54, 1.807) is 17.2 Å². The molecule has 0 saturated carbocycles. The van der Waals surface area contributed by atoms with Crippen LogP contribution in [0.2, 0.25) is 0 Å². The Kier molecular flexibility index (Phi) is 5.27. The quantitative estimate of drug-likeness (QED) is 0.815. The fraction of sp³-hybridized carbons (Fsp3) is 0.526. The first-order valence-electron chi connectivity index (χ1n) is 8.80. The van der Waals surface area contributed by atoms with Crippen molar-refractivity contribution < 1.29 is 0 Å². The number of likely N-dealkylation sites (tertiary alicyclic amines) is 1. The Hall–Kier alpha value is -2.19. The van der Waals surface area contributed by atoms with Crippen LogP contribution < -0.4 is 0 Å². The van der Waals surface area contributed by atoms with Crippen molar-refractivity contribution in [1.29, 1.82) is 5.26 Å². The van der Waals surface area contributed by atoms with Crippen molar-refractivity contribution in [3.05, 3.63) is 42.2 Å². The Labute approximate surface area is 143 Å². The summed E-state index contributed by atoms with van der Waals surface area (Å²) in [5, 5.41) is 17.4. The van der Waals surface area contributed by atoms with E-state index in [9.17, 15) is 0 Å². The summed E-state index contributed by atoms with van der Waals surface area (Å²) in [6, 6.07) is 10.9. The lowest BCUT2D eigenvalue weighted by atomic mass is 9.73. The van der Waals surface area contributed by atoms with E-state index < -0.39 is 0 Å². The van der Waals surface area contributed by atoms with Gasteiger partial charge in [0, 0.05) is 13.0 Å². The Balaban J connectivity index is 1.57. The van der Waals surface area contributed by atoms with Gasteiger partial charge in [-0.05, 0) is 55.5 Å². The van der Waals surface area contributed by atoms with Crippen molar-refractivity contribution in [2.45, 2.75) is 45.6 Å². The van der Waals surface area contributed by atoms with Gasteiger partial charge in [-0.15, -0.1) is 0 Å². The van der Waals surface area contributed by atoms with Crippen LogP contribution in [0.25, 0.3) is 5.69 Å². The Morgan fingerprint density at radius 1 is 1.12 bits per heavy atom. The van der Waals surface area contributed by atoms with Crippen LogP contribution in [0, 0.1) is 16.7 Å². The highest BCUT2D eigenvalue weighted by atomic mass is 15.5. The lowest BCUT2D eigenvalue weighted by molar-refractivity contribution is 0.0930. The second kappa shape index (κ2) is 7.59. The number of hydrogen-bond donors (Lipinski definition) is 0. The lowest BCUT2D eigenvalue weighted by Crippen LogP contribution is -2.39. The van der Waals surface area contributed by atoms with Crippen molar-refractivity contribution in [2.75, 3.05) is 13.1 Å². The van der Waals surface area contributed by atoms with Crippen LogP contribution in [0.4, 0.5) is 0 Å². The summed E-state index contributed by atoms with van der Waals surface area (Å²) in [6.07, 6.45) is 8.72. The first-order chi connectivity index (χ1) is 11.7.